The van der Waals surface area contributed by atoms with E-state index in [1.165, 1.54) is 19.2 Å². The maximum Gasteiger partial charge on any atom is 0.416 e. The Morgan fingerprint density at radius 3 is 2.60 bits per heavy atom. The molecule has 1 amide bonds. The first-order valence-electron chi connectivity index (χ1n) is 13.8. The number of phenols is 1. The van der Waals surface area contributed by atoms with Gasteiger partial charge in [0.25, 0.3) is 0 Å². The van der Waals surface area contributed by atoms with E-state index in [0.717, 1.165) is 29.8 Å². The van der Waals surface area contributed by atoms with Crippen molar-refractivity contribution in [2.45, 2.75) is 74.2 Å². The molecular weight excluding hydrogens is 521 g/mol. The van der Waals surface area contributed by atoms with Gasteiger partial charge in [-0.1, -0.05) is 24.3 Å². The van der Waals surface area contributed by atoms with Gasteiger partial charge in [0.1, 0.15) is 0 Å². The number of methoxy groups -OCH3 is 1. The van der Waals surface area contributed by atoms with Crippen molar-refractivity contribution in [2.24, 2.45) is 0 Å². The zero-order valence-electron chi connectivity index (χ0n) is 23.0. The van der Waals surface area contributed by atoms with Crippen LogP contribution in [-0.4, -0.2) is 70.9 Å². The molecule has 3 aliphatic rings. The van der Waals surface area contributed by atoms with Crippen LogP contribution in [0.15, 0.2) is 49.1 Å². The molecular formula is C31H37F3N2O4. The van der Waals surface area contributed by atoms with E-state index in [2.05, 4.69) is 11.5 Å². The Morgan fingerprint density at radius 1 is 1.23 bits per heavy atom. The van der Waals surface area contributed by atoms with Crippen LogP contribution in [0, 0.1) is 0 Å². The molecule has 2 aromatic rings. The molecule has 2 aromatic carbocycles. The molecule has 1 aliphatic heterocycles. The van der Waals surface area contributed by atoms with Gasteiger partial charge in [-0.05, 0) is 74.4 Å². The smallest absolute Gasteiger partial charge is 0.416 e. The van der Waals surface area contributed by atoms with Crippen molar-refractivity contribution >= 4 is 5.91 Å². The fourth-order valence-electron chi connectivity index (χ4n) is 7.57. The summed E-state index contributed by atoms with van der Waals surface area (Å²) in [5.41, 5.74) is 0.0729. The Bertz CT molecular complexity index is 1280. The zero-order chi connectivity index (χ0) is 28.9. The fraction of sp³-hybridized carbons (Fsp3) is 0.516. The van der Waals surface area contributed by atoms with Gasteiger partial charge in [0.05, 0.1) is 18.3 Å². The summed E-state index contributed by atoms with van der Waals surface area (Å²) in [5, 5.41) is 23.2. The molecule has 2 fully saturated rings. The van der Waals surface area contributed by atoms with Gasteiger partial charge in [-0.3, -0.25) is 9.69 Å². The summed E-state index contributed by atoms with van der Waals surface area (Å²) >= 11 is 0. The molecule has 9 heteroatoms. The minimum atomic E-state index is -4.39. The van der Waals surface area contributed by atoms with Gasteiger partial charge in [-0.15, -0.1) is 6.58 Å². The number of aryl methyl sites for hydroxylation is 1. The number of ether oxygens (including phenoxy) is 1. The number of fused-ring (bicyclic) bond motifs is 1. The molecule has 1 heterocycles. The average molecular weight is 559 g/mol. The number of phenolic OH excluding ortho intramolecular Hbond substituents is 1. The normalized spacial score (nSPS) is 27.9. The van der Waals surface area contributed by atoms with E-state index in [1.54, 1.807) is 18.0 Å². The summed E-state index contributed by atoms with van der Waals surface area (Å²) in [6.07, 6.45) is 0.887. The second-order valence-corrected chi connectivity index (χ2v) is 11.5. The molecule has 1 saturated carbocycles. The summed E-state index contributed by atoms with van der Waals surface area (Å²) in [4.78, 5) is 17.3. The van der Waals surface area contributed by atoms with Crippen molar-refractivity contribution in [1.29, 1.82) is 0 Å². The minimum absolute atomic E-state index is 0.0352. The van der Waals surface area contributed by atoms with Gasteiger partial charge in [0.2, 0.25) is 5.91 Å². The first-order valence-corrected chi connectivity index (χ1v) is 13.8. The highest BCUT2D eigenvalue weighted by atomic mass is 19.4. The summed E-state index contributed by atoms with van der Waals surface area (Å²) < 4.78 is 44.4. The predicted octanol–water partition coefficient (Wildman–Crippen LogP) is 4.85. The largest absolute Gasteiger partial charge is 0.504 e. The quantitative estimate of drug-likeness (QED) is 0.476. The van der Waals surface area contributed by atoms with Crippen LogP contribution in [0.1, 0.15) is 54.4 Å². The number of aliphatic hydroxyl groups is 1. The molecule has 40 heavy (non-hydrogen) atoms. The number of hydrogen-bond acceptors (Lipinski definition) is 5. The van der Waals surface area contributed by atoms with Crippen molar-refractivity contribution in [1.82, 2.24) is 9.80 Å². The van der Waals surface area contributed by atoms with Crippen molar-refractivity contribution in [3.8, 4) is 11.5 Å². The van der Waals surface area contributed by atoms with E-state index in [9.17, 15) is 28.2 Å². The molecule has 5 rings (SSSR count). The van der Waals surface area contributed by atoms with Crippen LogP contribution in [0.2, 0.25) is 0 Å². The van der Waals surface area contributed by atoms with Crippen LogP contribution in [0.25, 0.3) is 0 Å². The summed E-state index contributed by atoms with van der Waals surface area (Å²) in [6, 6.07) is 8.22. The molecule has 4 atom stereocenters. The Kier molecular flexibility index (Phi) is 7.42. The number of carbonyl (C=O) groups is 1. The predicted molar refractivity (Wildman–Crippen MR) is 145 cm³/mol. The van der Waals surface area contributed by atoms with Gasteiger partial charge >= 0.3 is 6.18 Å². The molecule has 2 aliphatic carbocycles. The topological polar surface area (TPSA) is 73.2 Å². The highest BCUT2D eigenvalue weighted by molar-refractivity contribution is 5.76. The summed E-state index contributed by atoms with van der Waals surface area (Å²) in [5.74, 6) is 0.336. The Morgan fingerprint density at radius 2 is 1.95 bits per heavy atom. The number of piperidine rings is 1. The van der Waals surface area contributed by atoms with Crippen LogP contribution in [0.4, 0.5) is 13.2 Å². The van der Waals surface area contributed by atoms with E-state index < -0.39 is 22.8 Å². The summed E-state index contributed by atoms with van der Waals surface area (Å²) in [6.45, 7) is 5.32. The van der Waals surface area contributed by atoms with Crippen molar-refractivity contribution in [3.63, 3.8) is 0 Å². The van der Waals surface area contributed by atoms with Crippen molar-refractivity contribution < 1.29 is 32.9 Å². The number of rotatable bonds is 7. The second-order valence-electron chi connectivity index (χ2n) is 11.5. The van der Waals surface area contributed by atoms with Gasteiger partial charge < -0.3 is 19.8 Å². The average Bonchev–Trinajstić information content (AvgIpc) is 2.92. The van der Waals surface area contributed by atoms with Crippen LogP contribution < -0.4 is 4.74 Å². The third-order valence-corrected chi connectivity index (χ3v) is 9.62. The number of nitrogens with zero attached hydrogens (tertiary/aromatic N) is 2. The summed E-state index contributed by atoms with van der Waals surface area (Å²) in [7, 11) is 3.30. The molecule has 0 aromatic heterocycles. The number of carbonyl (C=O) groups excluding carboxylic acids is 1. The Balaban J connectivity index is 1.40. The lowest BCUT2D eigenvalue weighted by Gasteiger charge is -2.65. The number of hydrogen-bond donors (Lipinski definition) is 2. The van der Waals surface area contributed by atoms with Gasteiger partial charge in [0, 0.05) is 43.1 Å². The van der Waals surface area contributed by atoms with E-state index in [4.69, 9.17) is 4.74 Å². The van der Waals surface area contributed by atoms with Crippen LogP contribution in [0.5, 0.6) is 11.5 Å². The van der Waals surface area contributed by atoms with Crippen LogP contribution in [-0.2, 0) is 29.2 Å². The Hall–Kier alpha value is -3.04. The number of likely N-dealkylation sites (tertiary alicyclic amines) is 1. The zero-order valence-corrected chi connectivity index (χ0v) is 23.0. The van der Waals surface area contributed by atoms with Crippen molar-refractivity contribution in [3.05, 3.63) is 71.3 Å². The molecule has 6 nitrogen and oxygen atoms in total. The minimum Gasteiger partial charge on any atom is -0.504 e. The third-order valence-electron chi connectivity index (χ3n) is 9.62. The lowest BCUT2D eigenvalue weighted by molar-refractivity contribution is -0.176. The third kappa shape index (κ3) is 4.57. The van der Waals surface area contributed by atoms with E-state index in [1.807, 2.05) is 12.1 Å². The number of alkyl halides is 3. The highest BCUT2D eigenvalue weighted by Crippen LogP contribution is 2.61. The van der Waals surface area contributed by atoms with E-state index in [0.29, 0.717) is 56.4 Å². The van der Waals surface area contributed by atoms with E-state index in [-0.39, 0.29) is 30.2 Å². The molecule has 1 unspecified atom stereocenters. The standard InChI is InChI=1S/C31H37F3N2O4/c1-4-16-36-17-15-29-19-23(35(2)26(38)12-7-20-5-9-22(10-6-20)31(32,33)34)13-14-30(29,39)25(36)18-21-8-11-24(37)28(40-3)27(21)29/h4-6,8-11,23,25,37,39H,1,7,12-19H2,2-3H3/t23?,25-,29-,30-/m1/s1. The monoisotopic (exact) mass is 558 g/mol. The molecule has 2 N–H and O–H groups in total. The lowest BCUT2D eigenvalue weighted by Crippen LogP contribution is -2.74. The maximum atomic E-state index is 13.3. The molecule has 2 bridgehead atoms. The first kappa shape index (κ1) is 28.5. The second kappa shape index (κ2) is 10.4. The van der Waals surface area contributed by atoms with Gasteiger partial charge in [-0.2, -0.15) is 13.2 Å². The highest BCUT2D eigenvalue weighted by Gasteiger charge is 2.66. The van der Waals surface area contributed by atoms with Crippen LogP contribution >= 0.6 is 0 Å². The van der Waals surface area contributed by atoms with Gasteiger partial charge in [-0.25, -0.2) is 0 Å². The maximum absolute atomic E-state index is 13.3. The van der Waals surface area contributed by atoms with Gasteiger partial charge in [0.15, 0.2) is 11.5 Å². The number of aromatic hydroxyl groups is 1. The molecule has 0 spiro atoms. The first-order chi connectivity index (χ1) is 18.9. The molecule has 1 saturated heterocycles. The number of amides is 1. The van der Waals surface area contributed by atoms with E-state index >= 15 is 0 Å². The number of halogens is 3. The lowest BCUT2D eigenvalue weighted by atomic mass is 9.48. The molecule has 216 valence electrons. The van der Waals surface area contributed by atoms with Crippen molar-refractivity contribution in [2.75, 3.05) is 27.2 Å². The van der Waals surface area contributed by atoms with Crippen LogP contribution in [0.3, 0.4) is 0 Å². The Labute approximate surface area is 233 Å². The fourth-order valence-corrected chi connectivity index (χ4v) is 7.57. The SMILES string of the molecule is C=CCN1CC[C@]23CC(N(C)C(=O)CCc4ccc(C(F)(F)F)cc4)CC[C@@]2(O)[C@H]1Cc1ccc(O)c(OC)c13. The number of benzene rings is 2. The molecule has 0 radical (unpaired) electrons.